The monoisotopic (exact) mass is 408 g/mol. The summed E-state index contributed by atoms with van der Waals surface area (Å²) in [6.45, 7) is 4.12. The number of nitrogens with zero attached hydrogens (tertiary/aromatic N) is 1. The number of benzene rings is 1. The second-order valence-corrected chi connectivity index (χ2v) is 7.69. The van der Waals surface area contributed by atoms with E-state index in [-0.39, 0.29) is 4.32 Å². The third-order valence-corrected chi connectivity index (χ3v) is 5.37. The first-order chi connectivity index (χ1) is 12.9. The number of thioether (sulfide) groups is 1. The number of amides is 1. The van der Waals surface area contributed by atoms with Crippen LogP contribution in [-0.4, -0.2) is 40.9 Å². The average Bonchev–Trinajstić information content (AvgIpc) is 2.92. The van der Waals surface area contributed by atoms with Crippen LogP contribution in [0.1, 0.15) is 38.7 Å². The van der Waals surface area contributed by atoms with Gasteiger partial charge in [0.25, 0.3) is 5.91 Å². The molecule has 0 aromatic heterocycles. The molecule has 0 radical (unpaired) electrons. The largest absolute Gasteiger partial charge is 0.548 e. The predicted molar refractivity (Wildman–Crippen MR) is 107 cm³/mol. The van der Waals surface area contributed by atoms with Gasteiger partial charge in [-0.1, -0.05) is 49.8 Å². The summed E-state index contributed by atoms with van der Waals surface area (Å²) in [7, 11) is 1.55. The summed E-state index contributed by atoms with van der Waals surface area (Å²) in [6, 6.07) is 4.26. The molecule has 1 atom stereocenters. The summed E-state index contributed by atoms with van der Waals surface area (Å²) in [5.74, 6) is -0.581. The van der Waals surface area contributed by atoms with Crippen LogP contribution >= 0.6 is 24.0 Å². The Hall–Kier alpha value is -2.06. The van der Waals surface area contributed by atoms with Crippen LogP contribution in [0.5, 0.6) is 11.5 Å². The summed E-state index contributed by atoms with van der Waals surface area (Å²) in [4.78, 5) is 25.0. The Morgan fingerprint density at radius 1 is 1.37 bits per heavy atom. The van der Waals surface area contributed by atoms with Crippen LogP contribution in [0, 0.1) is 0 Å². The molecule has 1 fully saturated rings. The Labute approximate surface area is 168 Å². The fourth-order valence-electron chi connectivity index (χ4n) is 2.50. The van der Waals surface area contributed by atoms with Gasteiger partial charge in [0, 0.05) is 0 Å². The maximum Gasteiger partial charge on any atom is 0.266 e. The van der Waals surface area contributed by atoms with Gasteiger partial charge in [-0.2, -0.15) is 0 Å². The highest BCUT2D eigenvalue weighted by Gasteiger charge is 2.35. The van der Waals surface area contributed by atoms with E-state index >= 15 is 0 Å². The van der Waals surface area contributed by atoms with E-state index < -0.39 is 17.9 Å². The summed E-state index contributed by atoms with van der Waals surface area (Å²) in [5, 5.41) is 11.1. The molecule has 1 heterocycles. The van der Waals surface area contributed by atoms with Gasteiger partial charge in [0.1, 0.15) is 4.32 Å². The molecule has 2 rings (SSSR count). The molecule has 6 nitrogen and oxygen atoms in total. The molecule has 1 unspecified atom stereocenters. The number of carboxylic acid groups (broad SMARTS) is 1. The van der Waals surface area contributed by atoms with Crippen LogP contribution in [-0.2, 0) is 9.59 Å². The molecule has 1 amide bonds. The SMILES string of the molecule is CCCCCOc1ccc(C=C2SC(=S)N(C(C)C(=O)[O-])C2=O)cc1OC. The fraction of sp³-hybridized carbons (Fsp3) is 0.421. The fourth-order valence-corrected chi connectivity index (χ4v) is 3.92. The van der Waals surface area contributed by atoms with Gasteiger partial charge in [0.15, 0.2) is 11.5 Å². The van der Waals surface area contributed by atoms with Gasteiger partial charge in [-0.3, -0.25) is 9.69 Å². The van der Waals surface area contributed by atoms with E-state index in [1.165, 1.54) is 6.92 Å². The Balaban J connectivity index is 2.17. The van der Waals surface area contributed by atoms with Crippen molar-refractivity contribution in [1.29, 1.82) is 0 Å². The minimum Gasteiger partial charge on any atom is -0.548 e. The number of carboxylic acids is 1. The quantitative estimate of drug-likeness (QED) is 0.353. The van der Waals surface area contributed by atoms with Crippen molar-refractivity contribution in [3.63, 3.8) is 0 Å². The Kier molecular flexibility index (Phi) is 7.67. The van der Waals surface area contributed by atoms with Crippen molar-refractivity contribution >= 4 is 46.3 Å². The van der Waals surface area contributed by atoms with E-state index in [9.17, 15) is 14.7 Å². The second-order valence-electron chi connectivity index (χ2n) is 6.01. The molecule has 1 aromatic carbocycles. The van der Waals surface area contributed by atoms with E-state index in [0.29, 0.717) is 23.0 Å². The molecule has 0 aliphatic carbocycles. The molecule has 0 N–H and O–H groups in total. The van der Waals surface area contributed by atoms with Crippen molar-refractivity contribution in [2.45, 2.75) is 39.2 Å². The van der Waals surface area contributed by atoms with Gasteiger partial charge in [0.05, 0.1) is 30.6 Å². The summed E-state index contributed by atoms with van der Waals surface area (Å²) in [5.41, 5.74) is 0.731. The maximum absolute atomic E-state index is 12.5. The van der Waals surface area contributed by atoms with E-state index in [0.717, 1.165) is 41.5 Å². The summed E-state index contributed by atoms with van der Waals surface area (Å²) in [6.07, 6.45) is 4.85. The van der Waals surface area contributed by atoms with Crippen LogP contribution in [0.3, 0.4) is 0 Å². The van der Waals surface area contributed by atoms with E-state index in [2.05, 4.69) is 6.92 Å². The van der Waals surface area contributed by atoms with Gasteiger partial charge in [-0.05, 0) is 37.1 Å². The minimum absolute atomic E-state index is 0.200. The Morgan fingerprint density at radius 2 is 2.11 bits per heavy atom. The van der Waals surface area contributed by atoms with Crippen molar-refractivity contribution < 1.29 is 24.2 Å². The van der Waals surface area contributed by atoms with Gasteiger partial charge in [0.2, 0.25) is 0 Å². The van der Waals surface area contributed by atoms with Crippen molar-refractivity contribution in [3.05, 3.63) is 28.7 Å². The van der Waals surface area contributed by atoms with Crippen LogP contribution in [0.2, 0.25) is 0 Å². The number of methoxy groups -OCH3 is 1. The van der Waals surface area contributed by atoms with Crippen LogP contribution in [0.4, 0.5) is 0 Å². The van der Waals surface area contributed by atoms with Crippen molar-refractivity contribution in [2.24, 2.45) is 0 Å². The molecule has 1 aliphatic heterocycles. The van der Waals surface area contributed by atoms with Gasteiger partial charge < -0.3 is 19.4 Å². The van der Waals surface area contributed by atoms with Crippen LogP contribution in [0.15, 0.2) is 23.1 Å². The molecule has 0 bridgehead atoms. The zero-order chi connectivity index (χ0) is 20.0. The number of ether oxygens (including phenoxy) is 2. The lowest BCUT2D eigenvalue weighted by Crippen LogP contribution is -2.48. The van der Waals surface area contributed by atoms with Crippen LogP contribution < -0.4 is 14.6 Å². The molecule has 1 aliphatic rings. The maximum atomic E-state index is 12.5. The Morgan fingerprint density at radius 3 is 2.74 bits per heavy atom. The lowest BCUT2D eigenvalue weighted by molar-refractivity contribution is -0.309. The third-order valence-electron chi connectivity index (χ3n) is 4.04. The first-order valence-corrected chi connectivity index (χ1v) is 9.90. The van der Waals surface area contributed by atoms with Gasteiger partial charge in [-0.15, -0.1) is 0 Å². The molecule has 0 spiro atoms. The molecule has 146 valence electrons. The van der Waals surface area contributed by atoms with E-state index in [4.69, 9.17) is 21.7 Å². The van der Waals surface area contributed by atoms with E-state index in [1.54, 1.807) is 25.3 Å². The molecule has 0 saturated carbocycles. The number of carbonyl (C=O) groups is 2. The van der Waals surface area contributed by atoms with Crippen LogP contribution in [0.25, 0.3) is 6.08 Å². The van der Waals surface area contributed by atoms with Crippen molar-refractivity contribution in [2.75, 3.05) is 13.7 Å². The topological polar surface area (TPSA) is 78.9 Å². The van der Waals surface area contributed by atoms with Gasteiger partial charge >= 0.3 is 0 Å². The number of thiocarbonyl (C=S) groups is 1. The molecule has 8 heteroatoms. The smallest absolute Gasteiger partial charge is 0.266 e. The van der Waals surface area contributed by atoms with Crippen molar-refractivity contribution in [1.82, 2.24) is 4.90 Å². The zero-order valence-electron chi connectivity index (χ0n) is 15.5. The highest BCUT2D eigenvalue weighted by atomic mass is 32.2. The molecular formula is C19H22NO5S2-. The molecular weight excluding hydrogens is 386 g/mol. The summed E-state index contributed by atoms with van der Waals surface area (Å²) >= 11 is 6.20. The first kappa shape index (κ1) is 21.2. The first-order valence-electron chi connectivity index (χ1n) is 8.67. The number of hydrogen-bond acceptors (Lipinski definition) is 7. The lowest BCUT2D eigenvalue weighted by atomic mass is 10.1. The average molecular weight is 409 g/mol. The normalized spacial score (nSPS) is 16.7. The van der Waals surface area contributed by atoms with Gasteiger partial charge in [-0.25, -0.2) is 0 Å². The lowest BCUT2D eigenvalue weighted by Gasteiger charge is -2.23. The predicted octanol–water partition coefficient (Wildman–Crippen LogP) is 2.60. The standard InChI is InChI=1S/C19H23NO5S2/c1-4-5-6-9-25-14-8-7-13(10-15(14)24-3)11-16-17(21)20(19(26)27-16)12(2)18(22)23/h7-8,10-12H,4-6,9H2,1-3H3,(H,22,23)/p-1. The Bertz CT molecular complexity index is 762. The molecule has 1 saturated heterocycles. The molecule has 1 aromatic rings. The third kappa shape index (κ3) is 5.23. The number of carbonyl (C=O) groups excluding carboxylic acids is 2. The number of aliphatic carboxylic acids is 1. The highest BCUT2D eigenvalue weighted by Crippen LogP contribution is 2.35. The second kappa shape index (κ2) is 9.75. The zero-order valence-corrected chi connectivity index (χ0v) is 17.2. The molecule has 27 heavy (non-hydrogen) atoms. The van der Waals surface area contributed by atoms with E-state index in [1.807, 2.05) is 6.07 Å². The number of rotatable bonds is 9. The highest BCUT2D eigenvalue weighted by molar-refractivity contribution is 8.26. The van der Waals surface area contributed by atoms with Crippen molar-refractivity contribution in [3.8, 4) is 11.5 Å². The summed E-state index contributed by atoms with van der Waals surface area (Å²) < 4.78 is 11.3. The number of unbranched alkanes of at least 4 members (excludes halogenated alkanes) is 2. The number of hydrogen-bond donors (Lipinski definition) is 0. The minimum atomic E-state index is -1.35.